The number of hydrogen-bond acceptors (Lipinski definition) is 1. The number of hydrogen-bond donors (Lipinski definition) is 1. The summed E-state index contributed by atoms with van der Waals surface area (Å²) in [7, 11) is 0. The molecule has 0 fully saturated rings. The molecule has 2 aliphatic carbocycles. The fourth-order valence-electron chi connectivity index (χ4n) is 3.74. The maximum atomic E-state index is 3.75. The second kappa shape index (κ2) is 6.21. The van der Waals surface area contributed by atoms with Gasteiger partial charge in [-0.05, 0) is 59.9 Å². The molecule has 0 amide bonds. The molecule has 0 bridgehead atoms. The summed E-state index contributed by atoms with van der Waals surface area (Å²) in [6, 6.07) is 16.2. The molecular weight excluding hydrogens is 278 g/mol. The Hall–Kier alpha value is -1.31. The molecule has 110 valence electrons. The van der Waals surface area contributed by atoms with E-state index in [0.29, 0.717) is 6.04 Å². The second-order valence-electron chi connectivity index (χ2n) is 6.13. The molecule has 21 heavy (non-hydrogen) atoms. The lowest BCUT2D eigenvalue weighted by molar-refractivity contribution is 0.530. The molecule has 0 aromatic heterocycles. The predicted octanol–water partition coefficient (Wildman–Crippen LogP) is 4.37. The average molecular weight is 300 g/mol. The fourth-order valence-corrected chi connectivity index (χ4v) is 3.74. The summed E-state index contributed by atoms with van der Waals surface area (Å²) in [6.45, 7) is 0.974. The van der Waals surface area contributed by atoms with Crippen molar-refractivity contribution >= 4 is 12.4 Å². The highest BCUT2D eigenvalue weighted by molar-refractivity contribution is 5.85. The first-order valence-corrected chi connectivity index (χ1v) is 7.82. The van der Waals surface area contributed by atoms with E-state index in [-0.39, 0.29) is 12.4 Å². The maximum absolute atomic E-state index is 3.75. The normalized spacial score (nSPS) is 19.0. The highest BCUT2D eigenvalue weighted by atomic mass is 35.5. The van der Waals surface area contributed by atoms with Gasteiger partial charge in [-0.2, -0.15) is 0 Å². The van der Waals surface area contributed by atoms with Crippen LogP contribution in [0.25, 0.3) is 0 Å². The van der Waals surface area contributed by atoms with E-state index in [4.69, 9.17) is 0 Å². The molecule has 0 aliphatic heterocycles. The third kappa shape index (κ3) is 2.86. The minimum atomic E-state index is 0. The van der Waals surface area contributed by atoms with Gasteiger partial charge in [0.2, 0.25) is 0 Å². The molecule has 2 aromatic carbocycles. The van der Waals surface area contributed by atoms with E-state index in [1.807, 2.05) is 0 Å². The van der Waals surface area contributed by atoms with E-state index in [1.165, 1.54) is 37.7 Å². The number of fused-ring (bicyclic) bond motifs is 2. The molecule has 1 N–H and O–H groups in total. The first kappa shape index (κ1) is 14.6. The number of aryl methyl sites for hydroxylation is 3. The average Bonchev–Trinajstić information content (AvgIpc) is 3.10. The largest absolute Gasteiger partial charge is 0.306 e. The van der Waals surface area contributed by atoms with Crippen molar-refractivity contribution in [3.05, 3.63) is 70.3 Å². The number of benzene rings is 2. The summed E-state index contributed by atoms with van der Waals surface area (Å²) >= 11 is 0. The molecule has 1 nitrogen and oxygen atoms in total. The van der Waals surface area contributed by atoms with Gasteiger partial charge in [0.05, 0.1) is 0 Å². The van der Waals surface area contributed by atoms with Crippen LogP contribution in [0.5, 0.6) is 0 Å². The molecule has 2 aliphatic rings. The highest BCUT2D eigenvalue weighted by Crippen LogP contribution is 2.36. The molecule has 2 heteroatoms. The van der Waals surface area contributed by atoms with E-state index in [2.05, 4.69) is 47.8 Å². The van der Waals surface area contributed by atoms with Crippen molar-refractivity contribution in [3.8, 4) is 0 Å². The van der Waals surface area contributed by atoms with E-state index < -0.39 is 0 Å². The van der Waals surface area contributed by atoms with Gasteiger partial charge in [0, 0.05) is 12.6 Å². The Labute approximate surface area is 133 Å². The first-order chi connectivity index (χ1) is 9.90. The van der Waals surface area contributed by atoms with Crippen LogP contribution in [0.3, 0.4) is 0 Å². The summed E-state index contributed by atoms with van der Waals surface area (Å²) in [5.41, 5.74) is 7.77. The van der Waals surface area contributed by atoms with Crippen molar-refractivity contribution < 1.29 is 0 Å². The van der Waals surface area contributed by atoms with Crippen molar-refractivity contribution in [2.45, 2.75) is 44.7 Å². The predicted molar refractivity (Wildman–Crippen MR) is 90.1 cm³/mol. The van der Waals surface area contributed by atoms with Crippen LogP contribution in [0.2, 0.25) is 0 Å². The maximum Gasteiger partial charge on any atom is 0.0329 e. The number of rotatable bonds is 3. The van der Waals surface area contributed by atoms with Gasteiger partial charge in [-0.15, -0.1) is 12.4 Å². The highest BCUT2D eigenvalue weighted by Gasteiger charge is 2.24. The summed E-state index contributed by atoms with van der Waals surface area (Å²) < 4.78 is 0. The molecule has 0 saturated carbocycles. The molecule has 0 heterocycles. The van der Waals surface area contributed by atoms with Crippen LogP contribution in [0.4, 0.5) is 0 Å². The molecule has 2 aromatic rings. The monoisotopic (exact) mass is 299 g/mol. The topological polar surface area (TPSA) is 12.0 Å². The lowest BCUT2D eigenvalue weighted by atomic mass is 10.0. The zero-order chi connectivity index (χ0) is 13.4. The minimum absolute atomic E-state index is 0. The van der Waals surface area contributed by atoms with Gasteiger partial charge in [-0.25, -0.2) is 0 Å². The quantitative estimate of drug-likeness (QED) is 0.887. The summed E-state index contributed by atoms with van der Waals surface area (Å²) in [5.74, 6) is 0. The van der Waals surface area contributed by atoms with Crippen LogP contribution in [-0.2, 0) is 25.8 Å². The Bertz CT molecular complexity index is 621. The Kier molecular flexibility index (Phi) is 4.32. The van der Waals surface area contributed by atoms with E-state index in [9.17, 15) is 0 Å². The van der Waals surface area contributed by atoms with E-state index in [0.717, 1.165) is 6.54 Å². The molecule has 0 spiro atoms. The smallest absolute Gasteiger partial charge is 0.0329 e. The second-order valence-corrected chi connectivity index (χ2v) is 6.13. The van der Waals surface area contributed by atoms with Gasteiger partial charge in [-0.1, -0.05) is 42.5 Å². The van der Waals surface area contributed by atoms with Crippen molar-refractivity contribution in [1.29, 1.82) is 0 Å². The van der Waals surface area contributed by atoms with Crippen LogP contribution < -0.4 is 5.32 Å². The molecule has 0 radical (unpaired) electrons. The van der Waals surface area contributed by atoms with Gasteiger partial charge < -0.3 is 5.32 Å². The summed E-state index contributed by atoms with van der Waals surface area (Å²) in [4.78, 5) is 0. The van der Waals surface area contributed by atoms with Crippen LogP contribution in [0.15, 0.2) is 42.5 Å². The Morgan fingerprint density at radius 2 is 1.67 bits per heavy atom. The van der Waals surface area contributed by atoms with Crippen molar-refractivity contribution in [3.63, 3.8) is 0 Å². The Morgan fingerprint density at radius 1 is 0.905 bits per heavy atom. The molecular formula is C19H22ClN. The lowest BCUT2D eigenvalue weighted by Crippen LogP contribution is -2.18. The van der Waals surface area contributed by atoms with Crippen LogP contribution in [-0.4, -0.2) is 0 Å². The van der Waals surface area contributed by atoms with Gasteiger partial charge in [0.25, 0.3) is 0 Å². The fraction of sp³-hybridized carbons (Fsp3) is 0.368. The minimum Gasteiger partial charge on any atom is -0.306 e. The summed E-state index contributed by atoms with van der Waals surface area (Å²) in [6.07, 6.45) is 6.43. The Balaban J connectivity index is 0.00000132. The van der Waals surface area contributed by atoms with Crippen molar-refractivity contribution in [1.82, 2.24) is 5.32 Å². The zero-order valence-electron chi connectivity index (χ0n) is 12.3. The van der Waals surface area contributed by atoms with Gasteiger partial charge in [-0.3, -0.25) is 0 Å². The van der Waals surface area contributed by atoms with Crippen LogP contribution >= 0.6 is 12.4 Å². The molecule has 1 atom stereocenters. The van der Waals surface area contributed by atoms with Crippen LogP contribution in [0, 0.1) is 0 Å². The summed E-state index contributed by atoms with van der Waals surface area (Å²) in [5, 5.41) is 3.75. The van der Waals surface area contributed by atoms with E-state index >= 15 is 0 Å². The lowest BCUT2D eigenvalue weighted by Gasteiger charge is -2.15. The van der Waals surface area contributed by atoms with Gasteiger partial charge >= 0.3 is 0 Å². The van der Waals surface area contributed by atoms with Gasteiger partial charge in [0.1, 0.15) is 0 Å². The van der Waals surface area contributed by atoms with Crippen LogP contribution in [0.1, 0.15) is 46.7 Å². The molecule has 1 unspecified atom stereocenters. The molecule has 4 rings (SSSR count). The Morgan fingerprint density at radius 3 is 2.48 bits per heavy atom. The zero-order valence-corrected chi connectivity index (χ0v) is 13.1. The first-order valence-electron chi connectivity index (χ1n) is 7.82. The molecule has 0 saturated heterocycles. The third-order valence-electron chi connectivity index (χ3n) is 4.83. The number of halogens is 1. The number of nitrogens with one attached hydrogen (secondary N) is 1. The van der Waals surface area contributed by atoms with Crippen molar-refractivity contribution in [2.75, 3.05) is 0 Å². The van der Waals surface area contributed by atoms with Gasteiger partial charge in [0.15, 0.2) is 0 Å². The van der Waals surface area contributed by atoms with E-state index in [1.54, 1.807) is 22.3 Å². The third-order valence-corrected chi connectivity index (χ3v) is 4.83. The standard InChI is InChI=1S/C19H21N.ClH/c1-2-5-14(6-3-1)13-20-19-10-9-17-11-15-7-4-8-16(15)12-18(17)19;/h1-3,5-6,11-12,19-20H,4,7-10,13H2;1H. The SMILES string of the molecule is Cl.c1ccc(CNC2CCc3cc4c(cc32)CCC4)cc1. The van der Waals surface area contributed by atoms with Crippen molar-refractivity contribution in [2.24, 2.45) is 0 Å².